The molecule has 1 aliphatic carbocycles. The maximum absolute atomic E-state index is 13.6. The molecule has 24 heavy (non-hydrogen) atoms. The predicted octanol–water partition coefficient (Wildman–Crippen LogP) is 3.07. The molecular formula is C19H24FNO2S. The molecule has 0 radical (unpaired) electrons. The molecule has 3 nitrogen and oxygen atoms in total. The van der Waals surface area contributed by atoms with Crippen molar-refractivity contribution in [1.82, 2.24) is 0 Å². The minimum absolute atomic E-state index is 0.119. The van der Waals surface area contributed by atoms with Gasteiger partial charge in [0.2, 0.25) is 0 Å². The number of hydrogen-bond donors (Lipinski definition) is 1. The van der Waals surface area contributed by atoms with Crippen molar-refractivity contribution in [2.75, 3.05) is 19.1 Å². The van der Waals surface area contributed by atoms with Gasteiger partial charge in [0.25, 0.3) is 0 Å². The normalized spacial score (nSPS) is 16.2. The van der Waals surface area contributed by atoms with Gasteiger partial charge in [-0.3, -0.25) is 0 Å². The maximum Gasteiger partial charge on any atom is 0.147 e. The van der Waals surface area contributed by atoms with Crippen molar-refractivity contribution in [3.05, 3.63) is 70.5 Å². The monoisotopic (exact) mass is 349 g/mol. The summed E-state index contributed by atoms with van der Waals surface area (Å²) in [4.78, 5) is 0. The van der Waals surface area contributed by atoms with Crippen molar-refractivity contribution in [1.29, 1.82) is 0 Å². The van der Waals surface area contributed by atoms with Crippen LogP contribution in [0.3, 0.4) is 0 Å². The average Bonchev–Trinajstić information content (AvgIpc) is 2.70. The second-order valence-corrected chi connectivity index (χ2v) is 8.37. The molecule has 0 fully saturated rings. The van der Waals surface area contributed by atoms with Gasteiger partial charge in [-0.1, -0.05) is 30.3 Å². The molecule has 1 aliphatic rings. The zero-order chi connectivity index (χ0) is 17.7. The Bertz CT molecular complexity index is 803. The Hall–Kier alpha value is -1.72. The number of sulfone groups is 1. The number of fused-ring (bicyclic) bond motifs is 2. The van der Waals surface area contributed by atoms with E-state index in [4.69, 9.17) is 0 Å². The first-order valence-electron chi connectivity index (χ1n) is 8.03. The van der Waals surface area contributed by atoms with Crippen molar-refractivity contribution in [3.63, 3.8) is 0 Å². The van der Waals surface area contributed by atoms with E-state index in [-0.39, 0.29) is 17.5 Å². The Morgan fingerprint density at radius 3 is 2.50 bits per heavy atom. The minimum Gasteiger partial charge on any atom is -0.333 e. The molecule has 0 unspecified atom stereocenters. The van der Waals surface area contributed by atoms with E-state index in [0.717, 1.165) is 17.5 Å². The Kier molecular flexibility index (Phi) is 6.13. The van der Waals surface area contributed by atoms with E-state index in [1.165, 1.54) is 30.5 Å². The van der Waals surface area contributed by atoms with Crippen LogP contribution in [0.15, 0.2) is 42.5 Å². The van der Waals surface area contributed by atoms with Crippen molar-refractivity contribution in [2.24, 2.45) is 5.73 Å². The van der Waals surface area contributed by atoms with Crippen LogP contribution in [0.1, 0.15) is 34.6 Å². The Morgan fingerprint density at radius 2 is 1.79 bits per heavy atom. The van der Waals surface area contributed by atoms with Gasteiger partial charge in [0.05, 0.1) is 5.75 Å². The third kappa shape index (κ3) is 4.65. The summed E-state index contributed by atoms with van der Waals surface area (Å²) in [5.74, 6) is 0.0527. The zero-order valence-corrected chi connectivity index (χ0v) is 14.9. The first kappa shape index (κ1) is 18.6. The molecule has 0 aliphatic heterocycles. The van der Waals surface area contributed by atoms with Crippen molar-refractivity contribution in [3.8, 4) is 0 Å². The highest BCUT2D eigenvalue weighted by Gasteiger charge is 2.23. The van der Waals surface area contributed by atoms with Gasteiger partial charge in [-0.25, -0.2) is 12.8 Å². The molecule has 0 spiro atoms. The summed E-state index contributed by atoms with van der Waals surface area (Å²) in [5, 5.41) is 0. The predicted molar refractivity (Wildman–Crippen MR) is 96.5 cm³/mol. The molecule has 0 aromatic heterocycles. The molecule has 0 saturated heterocycles. The first-order chi connectivity index (χ1) is 11.4. The van der Waals surface area contributed by atoms with Crippen LogP contribution in [0.4, 0.5) is 4.39 Å². The standard InChI is InChI=1S/C18H19FO2S.CH5N/c1-22(20,21)9-8-15-11-16-12-17(19)7-6-13(16)10-14-4-2-3-5-18(14)15;1-2/h2-7,12,15H,8-11H2,1H3;2H2,1H3/t15-;/m0./s1. The highest BCUT2D eigenvalue weighted by Crippen LogP contribution is 2.34. The van der Waals surface area contributed by atoms with E-state index >= 15 is 0 Å². The number of halogens is 1. The van der Waals surface area contributed by atoms with Gasteiger partial charge in [0.15, 0.2) is 0 Å². The van der Waals surface area contributed by atoms with Crippen molar-refractivity contribution >= 4 is 9.84 Å². The summed E-state index contributed by atoms with van der Waals surface area (Å²) in [6.45, 7) is 0. The van der Waals surface area contributed by atoms with Crippen LogP contribution in [0.25, 0.3) is 0 Å². The van der Waals surface area contributed by atoms with E-state index in [9.17, 15) is 12.8 Å². The molecule has 5 heteroatoms. The first-order valence-corrected chi connectivity index (χ1v) is 10.1. The van der Waals surface area contributed by atoms with E-state index in [1.54, 1.807) is 6.07 Å². The summed E-state index contributed by atoms with van der Waals surface area (Å²) < 4.78 is 36.6. The largest absolute Gasteiger partial charge is 0.333 e. The topological polar surface area (TPSA) is 60.2 Å². The molecule has 0 amide bonds. The Balaban J connectivity index is 0.00000100. The van der Waals surface area contributed by atoms with Gasteiger partial charge >= 0.3 is 0 Å². The molecule has 0 saturated carbocycles. The number of benzene rings is 2. The molecule has 2 aromatic rings. The molecule has 130 valence electrons. The third-order valence-electron chi connectivity index (χ3n) is 4.35. The summed E-state index contributed by atoms with van der Waals surface area (Å²) in [7, 11) is -1.50. The SMILES string of the molecule is CN.CS(=O)(=O)CC[C@H]1Cc2cc(F)ccc2Cc2ccccc21. The third-order valence-corrected chi connectivity index (χ3v) is 5.32. The van der Waals surface area contributed by atoms with Crippen molar-refractivity contribution in [2.45, 2.75) is 25.2 Å². The van der Waals surface area contributed by atoms with Gasteiger partial charge in [-0.15, -0.1) is 0 Å². The summed E-state index contributed by atoms with van der Waals surface area (Å²) in [6.07, 6.45) is 3.32. The maximum atomic E-state index is 13.6. The molecule has 2 aromatic carbocycles. The molecule has 1 atom stereocenters. The van der Waals surface area contributed by atoms with E-state index < -0.39 is 9.84 Å². The minimum atomic E-state index is -3.00. The smallest absolute Gasteiger partial charge is 0.147 e. The number of hydrogen-bond acceptors (Lipinski definition) is 3. The van der Waals surface area contributed by atoms with Crippen molar-refractivity contribution < 1.29 is 12.8 Å². The fourth-order valence-electron chi connectivity index (χ4n) is 3.24. The van der Waals surface area contributed by atoms with E-state index in [0.29, 0.717) is 12.8 Å². The zero-order valence-electron chi connectivity index (χ0n) is 14.1. The van der Waals surface area contributed by atoms with Gasteiger partial charge in [0.1, 0.15) is 15.7 Å². The Labute approximate surface area is 143 Å². The van der Waals surface area contributed by atoms with Crippen LogP contribution in [0.2, 0.25) is 0 Å². The summed E-state index contributed by atoms with van der Waals surface area (Å²) >= 11 is 0. The van der Waals surface area contributed by atoms with E-state index in [1.807, 2.05) is 18.2 Å². The van der Waals surface area contributed by atoms with Crippen LogP contribution < -0.4 is 5.73 Å². The molecule has 2 N–H and O–H groups in total. The van der Waals surface area contributed by atoms with Gasteiger partial charge in [-0.2, -0.15) is 0 Å². The quantitative estimate of drug-likeness (QED) is 0.926. The number of rotatable bonds is 3. The fourth-order valence-corrected chi connectivity index (χ4v) is 3.96. The highest BCUT2D eigenvalue weighted by atomic mass is 32.2. The summed E-state index contributed by atoms with van der Waals surface area (Å²) in [5.41, 5.74) is 9.04. The lowest BCUT2D eigenvalue weighted by molar-refractivity contribution is 0.586. The van der Waals surface area contributed by atoms with Crippen LogP contribution >= 0.6 is 0 Å². The van der Waals surface area contributed by atoms with Crippen LogP contribution in [-0.4, -0.2) is 27.5 Å². The Morgan fingerprint density at radius 1 is 1.08 bits per heavy atom. The summed E-state index contributed by atoms with van der Waals surface area (Å²) in [6, 6.07) is 13.1. The molecular weight excluding hydrogens is 325 g/mol. The molecule has 0 bridgehead atoms. The lowest BCUT2D eigenvalue weighted by atomic mass is 9.89. The van der Waals surface area contributed by atoms with Gasteiger partial charge in [0, 0.05) is 6.26 Å². The van der Waals surface area contributed by atoms with Crippen LogP contribution in [-0.2, 0) is 22.7 Å². The average molecular weight is 349 g/mol. The molecule has 3 rings (SSSR count). The lowest BCUT2D eigenvalue weighted by Gasteiger charge is -2.17. The van der Waals surface area contributed by atoms with Crippen LogP contribution in [0, 0.1) is 5.82 Å². The van der Waals surface area contributed by atoms with Gasteiger partial charge < -0.3 is 5.73 Å². The van der Waals surface area contributed by atoms with E-state index in [2.05, 4.69) is 17.9 Å². The lowest BCUT2D eigenvalue weighted by Crippen LogP contribution is -2.11. The fraction of sp³-hybridized carbons (Fsp3) is 0.368. The molecule has 0 heterocycles. The van der Waals surface area contributed by atoms with Gasteiger partial charge in [-0.05, 0) is 66.6 Å². The van der Waals surface area contributed by atoms with Crippen LogP contribution in [0.5, 0.6) is 0 Å². The number of nitrogens with two attached hydrogens (primary N) is 1. The second-order valence-electron chi connectivity index (χ2n) is 6.11. The second kappa shape index (κ2) is 7.90. The highest BCUT2D eigenvalue weighted by molar-refractivity contribution is 7.90.